The maximum absolute atomic E-state index is 9.97. The summed E-state index contributed by atoms with van der Waals surface area (Å²) >= 11 is 3.15. The number of alkyl halides is 1. The van der Waals surface area contributed by atoms with E-state index in [1.165, 1.54) is 0 Å². The molecule has 2 unspecified atom stereocenters. The topological polar surface area (TPSA) is 53.4 Å². The molecule has 4 heteroatoms. The van der Waals surface area contributed by atoms with Crippen LogP contribution in [0.15, 0.2) is 36.7 Å². The first-order chi connectivity index (χ1) is 7.74. The summed E-state index contributed by atoms with van der Waals surface area (Å²) in [5.41, 5.74) is 0.657. The van der Waals surface area contributed by atoms with Crippen molar-refractivity contribution in [2.75, 3.05) is 5.33 Å². The van der Waals surface area contributed by atoms with Gasteiger partial charge in [0.05, 0.1) is 6.10 Å². The minimum Gasteiger partial charge on any atom is -0.389 e. The zero-order chi connectivity index (χ0) is 11.5. The fraction of sp³-hybridized carbons (Fsp3) is 0.250. The summed E-state index contributed by atoms with van der Waals surface area (Å²) < 4.78 is 0. The van der Waals surface area contributed by atoms with E-state index in [-0.39, 0.29) is 0 Å². The van der Waals surface area contributed by atoms with E-state index in [2.05, 4.69) is 20.9 Å². The number of fused-ring (bicyclic) bond motifs is 1. The molecular weight excluding hydrogens is 270 g/mol. The van der Waals surface area contributed by atoms with Crippen LogP contribution < -0.4 is 0 Å². The van der Waals surface area contributed by atoms with Crippen molar-refractivity contribution in [1.29, 1.82) is 0 Å². The lowest BCUT2D eigenvalue weighted by Crippen LogP contribution is -2.19. The van der Waals surface area contributed by atoms with Crippen molar-refractivity contribution in [1.82, 2.24) is 4.98 Å². The van der Waals surface area contributed by atoms with Crippen LogP contribution in [0.25, 0.3) is 10.8 Å². The zero-order valence-electron chi connectivity index (χ0n) is 8.55. The second-order valence-electron chi connectivity index (χ2n) is 3.62. The lowest BCUT2D eigenvalue weighted by molar-refractivity contribution is 0.0350. The Kier molecular flexibility index (Phi) is 3.53. The van der Waals surface area contributed by atoms with Gasteiger partial charge in [-0.3, -0.25) is 4.98 Å². The van der Waals surface area contributed by atoms with Crippen LogP contribution in [0.3, 0.4) is 0 Å². The molecule has 2 rings (SSSR count). The average molecular weight is 282 g/mol. The molecule has 2 N–H and O–H groups in total. The largest absolute Gasteiger partial charge is 0.389 e. The predicted octanol–water partition coefficient (Wildman–Crippen LogP) is 2.02. The first-order valence-electron chi connectivity index (χ1n) is 4.99. The molecule has 0 fully saturated rings. The lowest BCUT2D eigenvalue weighted by Gasteiger charge is -2.17. The van der Waals surface area contributed by atoms with Gasteiger partial charge in [-0.1, -0.05) is 40.2 Å². The van der Waals surface area contributed by atoms with Crippen molar-refractivity contribution < 1.29 is 10.2 Å². The third-order valence-corrected chi connectivity index (χ3v) is 3.20. The minimum absolute atomic E-state index is 0.331. The quantitative estimate of drug-likeness (QED) is 0.847. The van der Waals surface area contributed by atoms with Crippen LogP contribution in [0.4, 0.5) is 0 Å². The molecule has 0 radical (unpaired) electrons. The summed E-state index contributed by atoms with van der Waals surface area (Å²) in [6.45, 7) is 0. The van der Waals surface area contributed by atoms with Gasteiger partial charge in [-0.25, -0.2) is 0 Å². The molecule has 2 aromatic rings. The third kappa shape index (κ3) is 2.09. The normalized spacial score (nSPS) is 14.9. The molecule has 0 aliphatic carbocycles. The second kappa shape index (κ2) is 4.91. The molecule has 0 aliphatic heterocycles. The Balaban J connectivity index is 2.52. The summed E-state index contributed by atoms with van der Waals surface area (Å²) in [7, 11) is 0. The van der Waals surface area contributed by atoms with Crippen LogP contribution in [0.5, 0.6) is 0 Å². The van der Waals surface area contributed by atoms with Gasteiger partial charge in [0.2, 0.25) is 0 Å². The fourth-order valence-corrected chi connectivity index (χ4v) is 2.02. The Bertz CT molecular complexity index is 484. The summed E-state index contributed by atoms with van der Waals surface area (Å²) in [6.07, 6.45) is 1.59. The van der Waals surface area contributed by atoms with E-state index in [1.54, 1.807) is 12.4 Å². The number of aromatic nitrogens is 1. The van der Waals surface area contributed by atoms with Crippen molar-refractivity contribution in [2.45, 2.75) is 12.2 Å². The van der Waals surface area contributed by atoms with Crippen LogP contribution in [-0.4, -0.2) is 26.6 Å². The highest BCUT2D eigenvalue weighted by Crippen LogP contribution is 2.25. The number of aliphatic hydroxyl groups excluding tert-OH is 2. The van der Waals surface area contributed by atoms with Gasteiger partial charge in [-0.2, -0.15) is 0 Å². The van der Waals surface area contributed by atoms with Crippen LogP contribution in [0, 0.1) is 0 Å². The van der Waals surface area contributed by atoms with Crippen molar-refractivity contribution in [2.24, 2.45) is 0 Å². The van der Waals surface area contributed by atoms with E-state index in [1.807, 2.05) is 24.3 Å². The van der Waals surface area contributed by atoms with Gasteiger partial charge in [-0.05, 0) is 5.39 Å². The third-order valence-electron chi connectivity index (χ3n) is 2.54. The van der Waals surface area contributed by atoms with Crippen molar-refractivity contribution >= 4 is 26.7 Å². The Hall–Kier alpha value is -0.970. The van der Waals surface area contributed by atoms with Crippen LogP contribution >= 0.6 is 15.9 Å². The maximum Gasteiger partial charge on any atom is 0.108 e. The van der Waals surface area contributed by atoms with Crippen LogP contribution in [0.1, 0.15) is 11.7 Å². The SMILES string of the molecule is OC(CBr)C(O)c1cncc2ccccc12. The van der Waals surface area contributed by atoms with Gasteiger partial charge in [-0.15, -0.1) is 0 Å². The smallest absolute Gasteiger partial charge is 0.108 e. The number of hydrogen-bond acceptors (Lipinski definition) is 3. The standard InChI is InChI=1S/C12H12BrNO2/c13-5-11(15)12(16)10-7-14-6-8-3-1-2-4-9(8)10/h1-4,6-7,11-12,15-16H,5H2. The van der Waals surface area contributed by atoms with Gasteiger partial charge in [0.15, 0.2) is 0 Å². The summed E-state index contributed by atoms with van der Waals surface area (Å²) in [5.74, 6) is 0. The molecule has 1 aromatic heterocycles. The Labute approximate surface area is 102 Å². The highest BCUT2D eigenvalue weighted by molar-refractivity contribution is 9.09. The number of nitrogens with zero attached hydrogens (tertiary/aromatic N) is 1. The lowest BCUT2D eigenvalue weighted by atomic mass is 10.0. The molecule has 1 aromatic carbocycles. The summed E-state index contributed by atoms with van der Waals surface area (Å²) in [5, 5.41) is 21.8. The van der Waals surface area contributed by atoms with Gasteiger partial charge >= 0.3 is 0 Å². The molecule has 0 aliphatic rings. The zero-order valence-corrected chi connectivity index (χ0v) is 10.1. The van der Waals surface area contributed by atoms with Crippen molar-refractivity contribution in [3.8, 4) is 0 Å². The van der Waals surface area contributed by atoms with Crippen LogP contribution in [0.2, 0.25) is 0 Å². The maximum atomic E-state index is 9.97. The van der Waals surface area contributed by atoms with Gasteiger partial charge in [0, 0.05) is 28.7 Å². The molecule has 0 spiro atoms. The van der Waals surface area contributed by atoms with Crippen LogP contribution in [-0.2, 0) is 0 Å². The predicted molar refractivity (Wildman–Crippen MR) is 66.5 cm³/mol. The van der Waals surface area contributed by atoms with E-state index < -0.39 is 12.2 Å². The molecule has 84 valence electrons. The Morgan fingerprint density at radius 2 is 1.94 bits per heavy atom. The molecule has 3 nitrogen and oxygen atoms in total. The van der Waals surface area contributed by atoms with Gasteiger partial charge in [0.25, 0.3) is 0 Å². The molecule has 0 bridgehead atoms. The number of hydrogen-bond donors (Lipinski definition) is 2. The molecular formula is C12H12BrNO2. The van der Waals surface area contributed by atoms with Gasteiger partial charge < -0.3 is 10.2 Å². The van der Waals surface area contributed by atoms with E-state index in [0.717, 1.165) is 10.8 Å². The molecule has 16 heavy (non-hydrogen) atoms. The van der Waals surface area contributed by atoms with Gasteiger partial charge in [0.1, 0.15) is 6.10 Å². The summed E-state index contributed by atoms with van der Waals surface area (Å²) in [4.78, 5) is 4.06. The number of halogens is 1. The van der Waals surface area contributed by atoms with E-state index >= 15 is 0 Å². The number of pyridine rings is 1. The first kappa shape index (κ1) is 11.5. The van der Waals surface area contributed by atoms with Crippen molar-refractivity contribution in [3.05, 3.63) is 42.2 Å². The highest BCUT2D eigenvalue weighted by Gasteiger charge is 2.19. The molecule has 0 saturated heterocycles. The Morgan fingerprint density at radius 3 is 2.69 bits per heavy atom. The molecule has 1 heterocycles. The number of benzene rings is 1. The molecule has 0 amide bonds. The average Bonchev–Trinajstić information content (AvgIpc) is 2.36. The molecule has 2 atom stereocenters. The highest BCUT2D eigenvalue weighted by atomic mass is 79.9. The molecule has 0 saturated carbocycles. The Morgan fingerprint density at radius 1 is 1.19 bits per heavy atom. The first-order valence-corrected chi connectivity index (χ1v) is 6.11. The monoisotopic (exact) mass is 281 g/mol. The minimum atomic E-state index is -0.919. The number of aliphatic hydroxyl groups is 2. The van der Waals surface area contributed by atoms with E-state index in [0.29, 0.717) is 10.9 Å². The summed E-state index contributed by atoms with van der Waals surface area (Å²) in [6, 6.07) is 7.66. The van der Waals surface area contributed by atoms with Crippen molar-refractivity contribution in [3.63, 3.8) is 0 Å². The fourth-order valence-electron chi connectivity index (χ4n) is 1.67. The van der Waals surface area contributed by atoms with E-state index in [9.17, 15) is 10.2 Å². The number of rotatable bonds is 3. The second-order valence-corrected chi connectivity index (χ2v) is 4.26. The van der Waals surface area contributed by atoms with E-state index in [4.69, 9.17) is 0 Å².